The Kier molecular flexibility index (Phi) is 8.48. The predicted octanol–water partition coefficient (Wildman–Crippen LogP) is 3.02. The lowest BCUT2D eigenvalue weighted by Gasteiger charge is -2.12. The fraction of sp³-hybridized carbons (Fsp3) is 0.278. The lowest BCUT2D eigenvalue weighted by molar-refractivity contribution is 0.602. The third-order valence-corrected chi connectivity index (χ3v) is 4.86. The van der Waals surface area contributed by atoms with Crippen LogP contribution in [-0.4, -0.2) is 27.7 Å². The van der Waals surface area contributed by atoms with Gasteiger partial charge in [-0.05, 0) is 41.8 Å². The molecule has 2 rings (SSSR count). The summed E-state index contributed by atoms with van der Waals surface area (Å²) in [7, 11) is -1.54. The average molecular weight is 491 g/mol. The minimum Gasteiger partial charge on any atom is -0.352 e. The van der Waals surface area contributed by atoms with E-state index >= 15 is 0 Å². The summed E-state index contributed by atoms with van der Waals surface area (Å²) < 4.78 is 36.5. The van der Waals surface area contributed by atoms with Crippen LogP contribution in [0.25, 0.3) is 0 Å². The van der Waals surface area contributed by atoms with E-state index in [0.717, 1.165) is 11.1 Å². The van der Waals surface area contributed by atoms with Gasteiger partial charge in [0.2, 0.25) is 0 Å². The normalized spacial score (nSPS) is 11.6. The van der Waals surface area contributed by atoms with E-state index in [-0.39, 0.29) is 29.8 Å². The van der Waals surface area contributed by atoms with Gasteiger partial charge in [0.15, 0.2) is 15.8 Å². The molecule has 2 aromatic rings. The van der Waals surface area contributed by atoms with E-state index in [9.17, 15) is 12.8 Å². The standard InChI is InChI=1S/C18H22FN3O2S.HI/c1-13-4-5-15(10-17(13)19)12-22-18(20-2)21-11-14-6-8-16(9-7-14)25(3,23)24;/h4-10H,11-12H2,1-3H3,(H2,20,21,22);1H. The van der Waals surface area contributed by atoms with Gasteiger partial charge >= 0.3 is 0 Å². The highest BCUT2D eigenvalue weighted by Crippen LogP contribution is 2.10. The number of nitrogens with zero attached hydrogens (tertiary/aromatic N) is 1. The summed E-state index contributed by atoms with van der Waals surface area (Å²) in [6.45, 7) is 2.66. The molecular weight excluding hydrogens is 468 g/mol. The molecule has 0 aliphatic carbocycles. The topological polar surface area (TPSA) is 70.6 Å². The van der Waals surface area contributed by atoms with Crippen LogP contribution in [0.1, 0.15) is 16.7 Å². The number of sulfone groups is 1. The second kappa shape index (κ2) is 9.86. The quantitative estimate of drug-likeness (QED) is 0.384. The summed E-state index contributed by atoms with van der Waals surface area (Å²) in [5, 5.41) is 6.25. The number of halogens is 2. The first kappa shape index (κ1) is 22.4. The maximum absolute atomic E-state index is 13.6. The highest BCUT2D eigenvalue weighted by Gasteiger charge is 2.06. The van der Waals surface area contributed by atoms with Crippen LogP contribution in [-0.2, 0) is 22.9 Å². The molecule has 0 spiro atoms. The molecule has 0 heterocycles. The molecule has 5 nitrogen and oxygen atoms in total. The van der Waals surface area contributed by atoms with Gasteiger partial charge in [-0.1, -0.05) is 24.3 Å². The lowest BCUT2D eigenvalue weighted by Crippen LogP contribution is -2.36. The summed E-state index contributed by atoms with van der Waals surface area (Å²) >= 11 is 0. The Morgan fingerprint density at radius 1 is 1.04 bits per heavy atom. The van der Waals surface area contributed by atoms with Gasteiger partial charge in [0.1, 0.15) is 5.82 Å². The minimum atomic E-state index is -3.19. The van der Waals surface area contributed by atoms with E-state index in [0.29, 0.717) is 29.5 Å². The molecular formula is C18H23FIN3O2S. The van der Waals surface area contributed by atoms with Crippen molar-refractivity contribution in [1.82, 2.24) is 10.6 Å². The maximum Gasteiger partial charge on any atom is 0.191 e. The number of hydrogen-bond donors (Lipinski definition) is 2. The van der Waals surface area contributed by atoms with Crippen molar-refractivity contribution in [3.8, 4) is 0 Å². The molecule has 0 radical (unpaired) electrons. The van der Waals surface area contributed by atoms with Crippen molar-refractivity contribution in [3.05, 3.63) is 65.0 Å². The zero-order chi connectivity index (χ0) is 18.4. The van der Waals surface area contributed by atoms with Crippen LogP contribution < -0.4 is 10.6 Å². The third kappa shape index (κ3) is 6.56. The van der Waals surface area contributed by atoms with Crippen LogP contribution in [0.15, 0.2) is 52.4 Å². The molecule has 142 valence electrons. The van der Waals surface area contributed by atoms with Gasteiger partial charge in [-0.15, -0.1) is 24.0 Å². The number of aliphatic imine (C=N–C) groups is 1. The largest absolute Gasteiger partial charge is 0.352 e. The fourth-order valence-electron chi connectivity index (χ4n) is 2.19. The van der Waals surface area contributed by atoms with Gasteiger partial charge in [-0.3, -0.25) is 4.99 Å². The zero-order valence-electron chi connectivity index (χ0n) is 14.9. The van der Waals surface area contributed by atoms with Crippen molar-refractivity contribution in [3.63, 3.8) is 0 Å². The molecule has 2 aromatic carbocycles. The Balaban J connectivity index is 0.00000338. The number of aryl methyl sites for hydroxylation is 1. The SMILES string of the molecule is CN=C(NCc1ccc(S(C)(=O)=O)cc1)NCc1ccc(C)c(F)c1.I. The van der Waals surface area contributed by atoms with Crippen molar-refractivity contribution in [2.75, 3.05) is 13.3 Å². The van der Waals surface area contributed by atoms with Crippen LogP contribution in [0, 0.1) is 12.7 Å². The third-order valence-electron chi connectivity index (χ3n) is 3.73. The first-order chi connectivity index (χ1) is 11.8. The number of hydrogen-bond acceptors (Lipinski definition) is 3. The number of rotatable bonds is 5. The number of guanidine groups is 1. The first-order valence-electron chi connectivity index (χ1n) is 7.78. The van der Waals surface area contributed by atoms with Gasteiger partial charge in [0, 0.05) is 26.4 Å². The van der Waals surface area contributed by atoms with Crippen LogP contribution >= 0.6 is 24.0 Å². The van der Waals surface area contributed by atoms with Crippen molar-refractivity contribution in [1.29, 1.82) is 0 Å². The first-order valence-corrected chi connectivity index (χ1v) is 9.67. The molecule has 0 amide bonds. The molecule has 0 aliphatic rings. The van der Waals surface area contributed by atoms with Crippen LogP contribution in [0.2, 0.25) is 0 Å². The number of nitrogens with one attached hydrogen (secondary N) is 2. The van der Waals surface area contributed by atoms with Crippen molar-refractivity contribution in [2.24, 2.45) is 4.99 Å². The molecule has 0 bridgehead atoms. The summed E-state index contributed by atoms with van der Waals surface area (Å²) in [6, 6.07) is 11.8. The Morgan fingerprint density at radius 2 is 1.58 bits per heavy atom. The lowest BCUT2D eigenvalue weighted by atomic mass is 10.1. The van der Waals surface area contributed by atoms with Crippen molar-refractivity contribution in [2.45, 2.75) is 24.9 Å². The maximum atomic E-state index is 13.6. The highest BCUT2D eigenvalue weighted by molar-refractivity contribution is 14.0. The molecule has 0 aliphatic heterocycles. The van der Waals surface area contributed by atoms with Gasteiger partial charge in [0.25, 0.3) is 0 Å². The molecule has 0 unspecified atom stereocenters. The van der Waals surface area contributed by atoms with Gasteiger partial charge in [0.05, 0.1) is 4.90 Å². The Labute approximate surface area is 171 Å². The second-order valence-electron chi connectivity index (χ2n) is 5.78. The highest BCUT2D eigenvalue weighted by atomic mass is 127. The monoisotopic (exact) mass is 491 g/mol. The van der Waals surface area contributed by atoms with E-state index in [1.165, 1.54) is 12.3 Å². The van der Waals surface area contributed by atoms with Gasteiger partial charge in [-0.25, -0.2) is 12.8 Å². The second-order valence-corrected chi connectivity index (χ2v) is 7.79. The Morgan fingerprint density at radius 3 is 2.08 bits per heavy atom. The molecule has 0 atom stereocenters. The molecule has 0 fully saturated rings. The van der Waals surface area contributed by atoms with Gasteiger partial charge in [-0.2, -0.15) is 0 Å². The smallest absolute Gasteiger partial charge is 0.191 e. The molecule has 0 aromatic heterocycles. The molecule has 2 N–H and O–H groups in total. The van der Waals surface area contributed by atoms with Crippen LogP contribution in [0.3, 0.4) is 0 Å². The van der Waals surface area contributed by atoms with E-state index < -0.39 is 9.84 Å². The van der Waals surface area contributed by atoms with E-state index in [2.05, 4.69) is 15.6 Å². The molecule has 8 heteroatoms. The Hall–Kier alpha value is -1.68. The predicted molar refractivity (Wildman–Crippen MR) is 113 cm³/mol. The zero-order valence-corrected chi connectivity index (χ0v) is 18.1. The molecule has 0 saturated carbocycles. The van der Waals surface area contributed by atoms with Crippen molar-refractivity contribution < 1.29 is 12.8 Å². The van der Waals surface area contributed by atoms with E-state index in [1.807, 2.05) is 6.07 Å². The Bertz CT molecular complexity index is 869. The summed E-state index contributed by atoms with van der Waals surface area (Å²) in [4.78, 5) is 4.41. The van der Waals surface area contributed by atoms with Crippen LogP contribution in [0.5, 0.6) is 0 Å². The van der Waals surface area contributed by atoms with E-state index in [4.69, 9.17) is 0 Å². The van der Waals surface area contributed by atoms with E-state index in [1.54, 1.807) is 44.3 Å². The molecule has 0 saturated heterocycles. The van der Waals surface area contributed by atoms with Crippen LogP contribution in [0.4, 0.5) is 4.39 Å². The summed E-state index contributed by atoms with van der Waals surface area (Å²) in [5.74, 6) is 0.349. The number of benzene rings is 2. The average Bonchev–Trinajstić information content (AvgIpc) is 2.57. The summed E-state index contributed by atoms with van der Waals surface area (Å²) in [5.41, 5.74) is 2.36. The molecule has 26 heavy (non-hydrogen) atoms. The van der Waals surface area contributed by atoms with Crippen molar-refractivity contribution >= 4 is 39.8 Å². The fourth-order valence-corrected chi connectivity index (χ4v) is 2.82. The summed E-state index contributed by atoms with van der Waals surface area (Å²) in [6.07, 6.45) is 1.18. The minimum absolute atomic E-state index is 0. The van der Waals surface area contributed by atoms with Gasteiger partial charge < -0.3 is 10.6 Å².